The molecular weight excluding hydrogens is 581 g/mol. The Labute approximate surface area is 252 Å². The first-order valence-electron chi connectivity index (χ1n) is 12.4. The largest absolute Gasteiger partial charge is 0.450 e. The zero-order valence-corrected chi connectivity index (χ0v) is 25.0. The van der Waals surface area contributed by atoms with Crippen LogP contribution in [0.5, 0.6) is 5.75 Å². The maximum atomic E-state index is 11.6. The molecule has 0 heterocycles. The number of nitrogens with zero attached hydrogens (tertiary/aromatic N) is 1. The Morgan fingerprint density at radius 1 is 0.756 bits per heavy atom. The van der Waals surface area contributed by atoms with Gasteiger partial charge >= 0.3 is 12.2 Å². The highest BCUT2D eigenvalue weighted by molar-refractivity contribution is 8.77. The van der Waals surface area contributed by atoms with Crippen LogP contribution in [0.1, 0.15) is 13.8 Å². The fraction of sp³-hybridized carbons (Fsp3) is 0.133. The van der Waals surface area contributed by atoms with E-state index in [0.29, 0.717) is 5.75 Å². The van der Waals surface area contributed by atoms with Gasteiger partial charge < -0.3 is 14.2 Å². The molecule has 0 saturated heterocycles. The lowest BCUT2D eigenvalue weighted by atomic mass is 10.3. The Hall–Kier alpha value is -3.93. The highest BCUT2D eigenvalue weighted by Gasteiger charge is 2.05. The molecule has 0 spiro atoms. The van der Waals surface area contributed by atoms with Crippen LogP contribution in [0.3, 0.4) is 0 Å². The minimum absolute atomic E-state index is 0.181. The number of hydrogen-bond donors (Lipinski definition) is 1. The van der Waals surface area contributed by atoms with E-state index < -0.39 is 18.1 Å². The maximum absolute atomic E-state index is 11.6. The van der Waals surface area contributed by atoms with Crippen LogP contribution in [-0.2, 0) is 14.3 Å². The number of amides is 3. The summed E-state index contributed by atoms with van der Waals surface area (Å²) in [7, 11) is 3.11. The molecule has 3 aromatic carbocycles. The second kappa shape index (κ2) is 20.9. The number of carbonyl (C=O) groups is 3. The van der Waals surface area contributed by atoms with Gasteiger partial charge in [-0.1, -0.05) is 87.9 Å². The molecule has 0 aromatic heterocycles. The molecule has 1 N–H and O–H groups in total. The lowest BCUT2D eigenvalue weighted by Gasteiger charge is -2.05. The number of ether oxygens (including phenoxy) is 3. The minimum Gasteiger partial charge on any atom is -0.450 e. The topological polar surface area (TPSA) is 103 Å². The molecule has 0 aliphatic carbocycles. The third kappa shape index (κ3) is 16.1. The monoisotopic (exact) mass is 610 g/mol. The average molecular weight is 611 g/mol. The zero-order valence-electron chi connectivity index (χ0n) is 22.5. The molecule has 0 aliphatic rings. The first-order valence-corrected chi connectivity index (χ1v) is 15.5. The van der Waals surface area contributed by atoms with E-state index in [-0.39, 0.29) is 19.1 Å². The van der Waals surface area contributed by atoms with Gasteiger partial charge in [0.05, 0.1) is 13.2 Å². The summed E-state index contributed by atoms with van der Waals surface area (Å²) in [5.74, 6) is 0.290. The fourth-order valence-corrected chi connectivity index (χ4v) is 4.85. The van der Waals surface area contributed by atoms with E-state index in [4.69, 9.17) is 9.47 Å². The van der Waals surface area contributed by atoms with Crippen molar-refractivity contribution in [1.82, 2.24) is 5.32 Å². The molecule has 11 heteroatoms. The quantitative estimate of drug-likeness (QED) is 0.0801. The Kier molecular flexibility index (Phi) is 17.0. The van der Waals surface area contributed by atoms with Gasteiger partial charge in [-0.3, -0.25) is 10.1 Å². The molecule has 3 amide bonds. The van der Waals surface area contributed by atoms with Gasteiger partial charge in [-0.15, -0.1) is 4.99 Å². The lowest BCUT2D eigenvalue weighted by Crippen LogP contribution is -2.29. The van der Waals surface area contributed by atoms with Crippen LogP contribution in [0.15, 0.2) is 129 Å². The van der Waals surface area contributed by atoms with E-state index >= 15 is 0 Å². The van der Waals surface area contributed by atoms with Crippen molar-refractivity contribution in [3.05, 3.63) is 114 Å². The summed E-state index contributed by atoms with van der Waals surface area (Å²) in [6.45, 7) is 3.91. The SMILES string of the molecule is CCOC(=O)N=C(/C=C/SSc1ccccc1)Oc1ccccc1.CCOC(=O)NC(=O)/C=C/Sc1ccccc1. The van der Waals surface area contributed by atoms with Crippen LogP contribution in [0, 0.1) is 0 Å². The van der Waals surface area contributed by atoms with Crippen LogP contribution < -0.4 is 10.1 Å². The van der Waals surface area contributed by atoms with E-state index in [1.807, 2.05) is 84.3 Å². The molecule has 0 fully saturated rings. The number of para-hydroxylation sites is 1. The Morgan fingerprint density at radius 3 is 1.95 bits per heavy atom. The molecule has 214 valence electrons. The summed E-state index contributed by atoms with van der Waals surface area (Å²) < 4.78 is 15.0. The van der Waals surface area contributed by atoms with Gasteiger partial charge in [-0.2, -0.15) is 0 Å². The summed E-state index contributed by atoms with van der Waals surface area (Å²) in [6.07, 6.45) is 1.53. The highest BCUT2D eigenvalue weighted by atomic mass is 33.1. The molecule has 8 nitrogen and oxygen atoms in total. The van der Waals surface area contributed by atoms with Crippen molar-refractivity contribution >= 4 is 57.3 Å². The second-order valence-corrected chi connectivity index (χ2v) is 10.5. The van der Waals surface area contributed by atoms with E-state index in [0.717, 1.165) is 9.79 Å². The molecule has 0 aliphatic heterocycles. The summed E-state index contributed by atoms with van der Waals surface area (Å²) in [6, 6.07) is 28.8. The maximum Gasteiger partial charge on any atom is 0.436 e. The van der Waals surface area contributed by atoms with Crippen molar-refractivity contribution in [3.8, 4) is 5.75 Å². The number of thioether (sulfide) groups is 1. The van der Waals surface area contributed by atoms with Gasteiger partial charge in [0, 0.05) is 21.9 Å². The normalized spacial score (nSPS) is 10.9. The Bertz CT molecular complexity index is 1290. The van der Waals surface area contributed by atoms with Crippen molar-refractivity contribution in [1.29, 1.82) is 0 Å². The molecule has 0 radical (unpaired) electrons. The molecule has 41 heavy (non-hydrogen) atoms. The lowest BCUT2D eigenvalue weighted by molar-refractivity contribution is -0.115. The number of rotatable bonds is 10. The average Bonchev–Trinajstić information content (AvgIpc) is 2.97. The number of benzene rings is 3. The van der Waals surface area contributed by atoms with Crippen molar-refractivity contribution in [2.24, 2.45) is 4.99 Å². The van der Waals surface area contributed by atoms with Gasteiger partial charge in [-0.25, -0.2) is 9.59 Å². The molecule has 0 bridgehead atoms. The van der Waals surface area contributed by atoms with Gasteiger partial charge in [0.2, 0.25) is 5.90 Å². The van der Waals surface area contributed by atoms with E-state index in [1.54, 1.807) is 48.3 Å². The summed E-state index contributed by atoms with van der Waals surface area (Å²) in [5, 5.41) is 5.50. The van der Waals surface area contributed by atoms with Crippen LogP contribution in [0.4, 0.5) is 9.59 Å². The Morgan fingerprint density at radius 2 is 1.34 bits per heavy atom. The van der Waals surface area contributed by atoms with E-state index in [1.165, 1.54) is 28.6 Å². The third-order valence-corrected chi connectivity index (χ3v) is 7.08. The number of hydrogen-bond acceptors (Lipinski definition) is 9. The summed E-state index contributed by atoms with van der Waals surface area (Å²) >= 11 is 1.40. The van der Waals surface area contributed by atoms with Crippen LogP contribution in [-0.4, -0.2) is 37.2 Å². The predicted octanol–water partition coefficient (Wildman–Crippen LogP) is 8.14. The van der Waals surface area contributed by atoms with Crippen molar-refractivity contribution in [3.63, 3.8) is 0 Å². The number of aliphatic imine (C=N–C) groups is 1. The molecule has 3 aromatic rings. The zero-order chi connectivity index (χ0) is 29.5. The molecular formula is C30H30N2O6S3. The van der Waals surface area contributed by atoms with E-state index in [9.17, 15) is 14.4 Å². The van der Waals surface area contributed by atoms with Crippen LogP contribution >= 0.6 is 33.3 Å². The van der Waals surface area contributed by atoms with Gasteiger partial charge in [0.15, 0.2) is 0 Å². The number of alkyl carbamates (subject to hydrolysis) is 1. The van der Waals surface area contributed by atoms with Crippen molar-refractivity contribution in [2.45, 2.75) is 23.6 Å². The molecule has 3 rings (SSSR count). The third-order valence-electron chi connectivity index (χ3n) is 4.26. The van der Waals surface area contributed by atoms with Gasteiger partial charge in [0.25, 0.3) is 5.91 Å². The number of nitrogens with one attached hydrogen (secondary N) is 1. The number of imide groups is 1. The van der Waals surface area contributed by atoms with Crippen LogP contribution in [0.25, 0.3) is 0 Å². The molecule has 0 unspecified atom stereocenters. The van der Waals surface area contributed by atoms with Crippen molar-refractivity contribution in [2.75, 3.05) is 13.2 Å². The minimum atomic E-state index is -0.730. The van der Waals surface area contributed by atoms with Gasteiger partial charge in [0.1, 0.15) is 5.75 Å². The van der Waals surface area contributed by atoms with E-state index in [2.05, 4.69) is 15.0 Å². The molecule has 0 atom stereocenters. The highest BCUT2D eigenvalue weighted by Crippen LogP contribution is 2.31. The van der Waals surface area contributed by atoms with Crippen LogP contribution in [0.2, 0.25) is 0 Å². The first kappa shape index (κ1) is 33.3. The number of carbonyl (C=O) groups excluding carboxylic acids is 3. The second-order valence-electron chi connectivity index (χ2n) is 7.30. The Balaban J connectivity index is 0.000000305. The fourth-order valence-electron chi connectivity index (χ4n) is 2.58. The molecule has 0 saturated carbocycles. The van der Waals surface area contributed by atoms with Gasteiger partial charge in [-0.05, 0) is 61.1 Å². The standard InChI is InChI=1S/C18H17NO3S2.C12H13NO3S/c1-2-21-18(20)19-17(22-15-9-5-3-6-10-15)13-14-23-24-16-11-7-4-8-12-16;1-2-16-12(15)13-11(14)8-9-17-10-6-4-3-5-7-10/h3-14H,2H2,1H3;3-9H,2H2,1H3,(H,13,14,15)/b14-13+,19-17?;9-8+. The predicted molar refractivity (Wildman–Crippen MR) is 167 cm³/mol. The summed E-state index contributed by atoms with van der Waals surface area (Å²) in [4.78, 5) is 39.7. The smallest absolute Gasteiger partial charge is 0.436 e. The summed E-state index contributed by atoms with van der Waals surface area (Å²) in [5.41, 5.74) is 0. The first-order chi connectivity index (χ1) is 20.0. The van der Waals surface area contributed by atoms with Crippen molar-refractivity contribution < 1.29 is 28.6 Å².